The Bertz CT molecular complexity index is 959. The second-order valence-corrected chi connectivity index (χ2v) is 38.6. The maximum atomic E-state index is 2.51. The molecule has 146 valence electrons. The molecule has 0 aliphatic heterocycles. The van der Waals surface area contributed by atoms with Crippen LogP contribution in [0.4, 0.5) is 0 Å². The van der Waals surface area contributed by atoms with Crippen molar-refractivity contribution >= 4 is 38.4 Å². The second kappa shape index (κ2) is 8.83. The normalized spacial score (nSPS) is 16.2. The number of hydrogen-bond donors (Lipinski definition) is 0. The molecule has 4 heteroatoms. The maximum absolute atomic E-state index is 3.99. The van der Waals surface area contributed by atoms with Crippen molar-refractivity contribution in [2.45, 2.75) is 26.7 Å². The van der Waals surface area contributed by atoms with E-state index in [0.717, 1.165) is 12.8 Å². The number of allylic oxidation sites excluding steroid dienone is 8. The van der Waals surface area contributed by atoms with Gasteiger partial charge >= 0.3 is 160 Å². The monoisotopic (exact) mass is 594 g/mol. The first-order valence-electron chi connectivity index (χ1n) is 9.43. The van der Waals surface area contributed by atoms with Crippen LogP contribution in [0.5, 0.6) is 0 Å². The first kappa shape index (κ1) is 23.3. The maximum Gasteiger partial charge on any atom is -0.147 e. The van der Waals surface area contributed by atoms with E-state index in [2.05, 4.69) is 106 Å². The molecule has 28 heavy (non-hydrogen) atoms. The van der Waals surface area contributed by atoms with Crippen LogP contribution >= 0.6 is 24.8 Å². The summed E-state index contributed by atoms with van der Waals surface area (Å²) in [5, 5.41) is 0. The third kappa shape index (κ3) is 3.43. The summed E-state index contributed by atoms with van der Waals surface area (Å²) in [7, 11) is 0. The Morgan fingerprint density at radius 1 is 0.643 bits per heavy atom. The van der Waals surface area contributed by atoms with Crippen LogP contribution in [0, 0.1) is 0 Å². The van der Waals surface area contributed by atoms with Crippen LogP contribution in [0.3, 0.4) is 0 Å². The third-order valence-corrected chi connectivity index (χ3v) is 44.7. The molecule has 2 aromatic carbocycles. The van der Waals surface area contributed by atoms with E-state index in [9.17, 15) is 0 Å². The topological polar surface area (TPSA) is 0 Å². The molecule has 2 aliphatic carbocycles. The minimum atomic E-state index is -3.99. The fourth-order valence-electron chi connectivity index (χ4n) is 4.82. The van der Waals surface area contributed by atoms with Gasteiger partial charge in [-0.1, -0.05) is 0 Å². The second-order valence-electron chi connectivity index (χ2n) is 7.83. The molecule has 0 aromatic heterocycles. The van der Waals surface area contributed by atoms with E-state index in [0.29, 0.717) is 0 Å². The van der Waals surface area contributed by atoms with Crippen LogP contribution in [0.2, 0.25) is 0 Å². The molecule has 0 radical (unpaired) electrons. The largest absolute Gasteiger partial charge is 0.147 e. The van der Waals surface area contributed by atoms with Gasteiger partial charge in [0.1, 0.15) is 0 Å². The molecule has 0 nitrogen and oxygen atoms in total. The van der Waals surface area contributed by atoms with E-state index in [1.807, 2.05) is 0 Å². The van der Waals surface area contributed by atoms with Crippen LogP contribution < -0.4 is 6.64 Å². The summed E-state index contributed by atoms with van der Waals surface area (Å²) in [6.07, 6.45) is 12.1. The average molecular weight is 594 g/mol. The Morgan fingerprint density at radius 3 is 1.29 bits per heavy atom. The van der Waals surface area contributed by atoms with Crippen molar-refractivity contribution < 1.29 is 17.1 Å². The molecule has 0 atom stereocenters. The fourth-order valence-corrected chi connectivity index (χ4v) is 35.3. The predicted molar refractivity (Wildman–Crippen MR) is 128 cm³/mol. The fraction of sp³-hybridized carbons (Fsp3) is 0.167. The molecule has 0 fully saturated rings. The number of benzene rings is 2. The Balaban J connectivity index is 0.00000140. The van der Waals surface area contributed by atoms with Gasteiger partial charge in [0.2, 0.25) is 0 Å². The smallest absolute Gasteiger partial charge is 0.147 e. The molecular weight excluding hydrogens is 566 g/mol. The van der Waals surface area contributed by atoms with E-state index < -0.39 is 17.1 Å². The Labute approximate surface area is 183 Å². The molecule has 0 bridgehead atoms. The van der Waals surface area contributed by atoms with Crippen LogP contribution in [0.15, 0.2) is 103 Å². The van der Waals surface area contributed by atoms with Crippen LogP contribution in [-0.2, 0) is 17.1 Å². The van der Waals surface area contributed by atoms with Gasteiger partial charge in [-0.05, 0) is 0 Å². The van der Waals surface area contributed by atoms with Gasteiger partial charge in [0.25, 0.3) is 0 Å². The zero-order valence-electron chi connectivity index (χ0n) is 16.5. The van der Waals surface area contributed by atoms with Gasteiger partial charge in [0.05, 0.1) is 0 Å². The first-order valence-corrected chi connectivity index (χ1v) is 24.9. The zero-order chi connectivity index (χ0) is 18.2. The van der Waals surface area contributed by atoms with Crippen LogP contribution in [0.1, 0.15) is 26.7 Å². The van der Waals surface area contributed by atoms with E-state index in [-0.39, 0.29) is 24.8 Å². The Morgan fingerprint density at radius 2 is 1.00 bits per heavy atom. The molecule has 0 saturated carbocycles. The molecule has 0 spiro atoms. The summed E-state index contributed by atoms with van der Waals surface area (Å²) in [5.74, 6) is 0. The summed E-state index contributed by atoms with van der Waals surface area (Å²) in [6, 6.07) is 22.8. The van der Waals surface area contributed by atoms with Crippen molar-refractivity contribution in [3.8, 4) is 0 Å². The zero-order valence-corrected chi connectivity index (χ0v) is 23.2. The van der Waals surface area contributed by atoms with Crippen LogP contribution in [-0.4, -0.2) is 6.94 Å². The van der Waals surface area contributed by atoms with Crippen molar-refractivity contribution in [2.75, 3.05) is 0 Å². The molecule has 0 heterocycles. The van der Waals surface area contributed by atoms with E-state index in [1.165, 1.54) is 11.1 Å². The molecule has 2 aliphatic rings. The molecule has 0 amide bonds. The molecular formula is C24H28Cl2HfSi. The van der Waals surface area contributed by atoms with Crippen molar-refractivity contribution in [1.29, 1.82) is 0 Å². The minimum absolute atomic E-state index is 0. The number of halogens is 2. The molecule has 0 N–H and O–H groups in total. The standard InChI is InChI=1S/2C6H7.2C6H5.2ClH.Hf.H2Si/c2*1-6-4-2-3-5-6;2*1-2-4-6-5-3-1;;;;/h2*4-5H,2H2,1H3;2*1-5H;2*1H;;1H2. The van der Waals surface area contributed by atoms with Crippen molar-refractivity contribution in [3.05, 3.63) is 103 Å². The Kier molecular flexibility index (Phi) is 7.36. The van der Waals surface area contributed by atoms with Gasteiger partial charge in [0.15, 0.2) is 0 Å². The van der Waals surface area contributed by atoms with E-state index in [1.54, 1.807) is 13.3 Å². The van der Waals surface area contributed by atoms with Crippen molar-refractivity contribution in [2.24, 2.45) is 0 Å². The summed E-state index contributed by atoms with van der Waals surface area (Å²) in [4.78, 5) is 0. The van der Waals surface area contributed by atoms with Gasteiger partial charge in [0, 0.05) is 0 Å². The Hall–Kier alpha value is -0.933. The van der Waals surface area contributed by atoms with E-state index >= 15 is 0 Å². The quantitative estimate of drug-likeness (QED) is 0.429. The third-order valence-electron chi connectivity index (χ3n) is 6.33. The van der Waals surface area contributed by atoms with Gasteiger partial charge in [-0.25, -0.2) is 0 Å². The average Bonchev–Trinajstić information content (AvgIpc) is 3.32. The molecule has 4 rings (SSSR count). The van der Waals surface area contributed by atoms with Gasteiger partial charge < -0.3 is 0 Å². The summed E-state index contributed by atoms with van der Waals surface area (Å²) in [6.45, 7) is 6.87. The minimum Gasteiger partial charge on any atom is -0.147 e. The van der Waals surface area contributed by atoms with E-state index in [4.69, 9.17) is 0 Å². The number of rotatable bonds is 4. The first-order chi connectivity index (χ1) is 12.5. The SMILES string of the molecule is CC1=CC[C]([Hf](=[SiH2])([C]2=CC(C)=CC2)([c]2ccccc2)[c]2ccccc2)=C1.Cl.Cl. The van der Waals surface area contributed by atoms with Crippen LogP contribution in [0.25, 0.3) is 0 Å². The van der Waals surface area contributed by atoms with Crippen molar-refractivity contribution in [1.82, 2.24) is 0 Å². The summed E-state index contributed by atoms with van der Waals surface area (Å²) < 4.78 is 6.56. The van der Waals surface area contributed by atoms with Gasteiger partial charge in [-0.2, -0.15) is 0 Å². The molecule has 2 aromatic rings. The predicted octanol–water partition coefficient (Wildman–Crippen LogP) is 5.19. The number of hydrogen-bond acceptors (Lipinski definition) is 0. The van der Waals surface area contributed by atoms with Gasteiger partial charge in [-0.15, -0.1) is 24.8 Å². The molecule has 0 unspecified atom stereocenters. The van der Waals surface area contributed by atoms with Crippen molar-refractivity contribution in [3.63, 3.8) is 0 Å². The van der Waals surface area contributed by atoms with Gasteiger partial charge in [-0.3, -0.25) is 0 Å². The summed E-state index contributed by atoms with van der Waals surface area (Å²) in [5.41, 5.74) is 2.84. The molecule has 0 saturated heterocycles. The summed E-state index contributed by atoms with van der Waals surface area (Å²) >= 11 is -3.99.